The molecule has 15 aromatic rings. The number of H-pyrrole nitrogens is 1. The van der Waals surface area contributed by atoms with E-state index in [2.05, 4.69) is 82.3 Å². The summed E-state index contributed by atoms with van der Waals surface area (Å²) < 4.78 is 73.7. The van der Waals surface area contributed by atoms with Gasteiger partial charge in [0.05, 0.1) is 49.0 Å². The quantitative estimate of drug-likeness (QED) is 0.0882. The minimum absolute atomic E-state index is 0.179. The fraction of sp³-hybridized carbons (Fsp3) is 0.129. The highest BCUT2D eigenvalue weighted by Crippen LogP contribution is 2.38. The Hall–Kier alpha value is -12.6. The van der Waals surface area contributed by atoms with Crippen molar-refractivity contribution < 1.29 is 26.4 Å². The second kappa shape index (κ2) is 29.3. The van der Waals surface area contributed by atoms with Gasteiger partial charge in [0.15, 0.2) is 0 Å². The van der Waals surface area contributed by atoms with Crippen LogP contribution < -0.4 is 0 Å². The summed E-state index contributed by atoms with van der Waals surface area (Å²) in [6, 6.07) is 56.7. The molecular formula is C70H56F4N20O2. The van der Waals surface area contributed by atoms with Crippen LogP contribution in [0.5, 0.6) is 0 Å². The monoisotopic (exact) mass is 1280 g/mol. The number of hydrogen-bond donors (Lipinski definition) is 1. The summed E-state index contributed by atoms with van der Waals surface area (Å²) >= 11 is 0. The maximum absolute atomic E-state index is 14.0. The van der Waals surface area contributed by atoms with Crippen LogP contribution in [0.2, 0.25) is 0 Å². The molecule has 1 fully saturated rings. The van der Waals surface area contributed by atoms with E-state index in [-0.39, 0.29) is 42.9 Å². The number of aromatic amines is 1. The third kappa shape index (κ3) is 14.8. The minimum Gasteiger partial charge on any atom is -0.422 e. The van der Waals surface area contributed by atoms with Crippen LogP contribution >= 0.6 is 0 Å². The summed E-state index contributed by atoms with van der Waals surface area (Å²) in [5.41, 5.74) is 11.1. The molecule has 0 saturated heterocycles. The van der Waals surface area contributed by atoms with Gasteiger partial charge in [0, 0.05) is 65.6 Å². The maximum Gasteiger partial charge on any atom is 0.265 e. The second-order valence-corrected chi connectivity index (χ2v) is 21.8. The van der Waals surface area contributed by atoms with Gasteiger partial charge in [0.1, 0.15) is 63.1 Å². The number of pyridine rings is 4. The van der Waals surface area contributed by atoms with Crippen molar-refractivity contribution in [3.63, 3.8) is 0 Å². The predicted octanol–water partition coefficient (Wildman–Crippen LogP) is 13.4. The summed E-state index contributed by atoms with van der Waals surface area (Å²) in [6.45, 7) is 2.93. The van der Waals surface area contributed by atoms with Crippen molar-refractivity contribution in [1.29, 1.82) is 0 Å². The van der Waals surface area contributed by atoms with Crippen molar-refractivity contribution in [3.05, 3.63) is 282 Å². The van der Waals surface area contributed by atoms with Crippen LogP contribution in [-0.4, -0.2) is 100 Å². The first kappa shape index (κ1) is 62.2. The Kier molecular flexibility index (Phi) is 19.0. The van der Waals surface area contributed by atoms with Gasteiger partial charge in [-0.1, -0.05) is 103 Å². The zero-order valence-electron chi connectivity index (χ0n) is 51.2. The Balaban J connectivity index is 0.000000116. The van der Waals surface area contributed by atoms with Gasteiger partial charge in [-0.25, -0.2) is 17.6 Å². The maximum atomic E-state index is 14.0. The number of benzene rings is 4. The van der Waals surface area contributed by atoms with Crippen molar-refractivity contribution in [3.8, 4) is 80.2 Å². The summed E-state index contributed by atoms with van der Waals surface area (Å²) in [4.78, 5) is 17.3. The molecule has 0 amide bonds. The van der Waals surface area contributed by atoms with Crippen LogP contribution in [0, 0.1) is 30.2 Å². The molecule has 1 aliphatic rings. The Bertz CT molecular complexity index is 4800. The largest absolute Gasteiger partial charge is 0.422 e. The van der Waals surface area contributed by atoms with Crippen LogP contribution in [-0.2, 0) is 26.2 Å². The lowest BCUT2D eigenvalue weighted by atomic mass is 9.82. The van der Waals surface area contributed by atoms with E-state index in [0.29, 0.717) is 104 Å². The smallest absolute Gasteiger partial charge is 0.265 e. The van der Waals surface area contributed by atoms with Gasteiger partial charge in [0.2, 0.25) is 18.1 Å². The number of rotatable bonds is 16. The number of halogens is 4. The third-order valence-corrected chi connectivity index (χ3v) is 15.4. The van der Waals surface area contributed by atoms with Gasteiger partial charge in [-0.3, -0.25) is 38.7 Å². The van der Waals surface area contributed by atoms with Crippen molar-refractivity contribution in [2.75, 3.05) is 0 Å². The van der Waals surface area contributed by atoms with Crippen molar-refractivity contribution in [2.45, 2.75) is 58.3 Å². The number of tetrazole rings is 1. The van der Waals surface area contributed by atoms with E-state index in [4.69, 9.17) is 13.9 Å². The molecule has 96 heavy (non-hydrogen) atoms. The molecule has 1 N–H and O–H groups in total. The number of aryl methyl sites for hydroxylation is 1. The first-order valence-corrected chi connectivity index (χ1v) is 30.4. The topological polar surface area (TPSA) is 255 Å². The van der Waals surface area contributed by atoms with Crippen LogP contribution in [0.25, 0.3) is 80.2 Å². The van der Waals surface area contributed by atoms with Gasteiger partial charge in [-0.05, 0) is 115 Å². The standard InChI is InChI=1S/C19H18FN3.C18H14FN5O.C17H12FN5O.C16H12FN7/c20-16-9-2-1-6-15(16)13-23-19(14-7-5-8-14)12-18(22-23)17-10-3-4-11-21-17;1-12-21-22-18(25-12)17-10-16(15-8-4-5-9-20-15)23-24(17)11-13-6-2-3-7-14(13)19;18-13-6-2-1-5-12(13)10-23-16(17-21-20-11-24-17)9-15(22-23)14-7-3-4-8-19-14;17-12-6-2-1-5-11(12)10-24-15(16-19-22-23-20-16)9-14(21-24)13-7-3-4-8-18-13/h1-4,6,9-12,14H,5,7-8,13H2;2-10H,11H2,1H3;1-9,11H,10H2;1-9H,10H2,(H,19,20,22,23). The average Bonchev–Trinajstić information content (AvgIpc) is 1.71. The molecule has 26 heteroatoms. The zero-order valence-corrected chi connectivity index (χ0v) is 51.2. The summed E-state index contributed by atoms with van der Waals surface area (Å²) in [5, 5.41) is 47.9. The Morgan fingerprint density at radius 3 is 1.18 bits per heavy atom. The molecule has 11 aromatic heterocycles. The molecule has 1 saturated carbocycles. The summed E-state index contributed by atoms with van der Waals surface area (Å²) in [6.07, 6.45) is 11.7. The Morgan fingerprint density at radius 1 is 0.417 bits per heavy atom. The molecule has 0 radical (unpaired) electrons. The first-order valence-electron chi connectivity index (χ1n) is 30.4. The molecule has 11 heterocycles. The van der Waals surface area contributed by atoms with Crippen LogP contribution in [0.1, 0.15) is 59.0 Å². The molecule has 0 bridgehead atoms. The van der Waals surface area contributed by atoms with E-state index in [1.165, 1.54) is 55.6 Å². The normalized spacial score (nSPS) is 11.8. The van der Waals surface area contributed by atoms with E-state index in [0.717, 1.165) is 17.1 Å². The second-order valence-electron chi connectivity index (χ2n) is 21.8. The average molecular weight is 1290 g/mol. The Labute approximate surface area is 545 Å². The van der Waals surface area contributed by atoms with Gasteiger partial charge < -0.3 is 8.83 Å². The highest BCUT2D eigenvalue weighted by atomic mass is 19.1. The third-order valence-electron chi connectivity index (χ3n) is 15.4. The fourth-order valence-electron chi connectivity index (χ4n) is 10.4. The fourth-order valence-corrected chi connectivity index (χ4v) is 10.4. The van der Waals surface area contributed by atoms with Gasteiger partial charge in [-0.2, -0.15) is 25.6 Å². The van der Waals surface area contributed by atoms with E-state index in [1.54, 1.807) is 112 Å². The molecule has 476 valence electrons. The van der Waals surface area contributed by atoms with Crippen LogP contribution in [0.4, 0.5) is 17.6 Å². The minimum atomic E-state index is -0.288. The Morgan fingerprint density at radius 2 is 0.812 bits per heavy atom. The number of aromatic nitrogens is 20. The van der Waals surface area contributed by atoms with Crippen LogP contribution in [0.3, 0.4) is 0 Å². The predicted molar refractivity (Wildman–Crippen MR) is 345 cm³/mol. The molecule has 0 unspecified atom stereocenters. The molecule has 0 atom stereocenters. The number of nitrogens with one attached hydrogen (secondary N) is 1. The zero-order chi connectivity index (χ0) is 65.6. The molecule has 0 spiro atoms. The van der Waals surface area contributed by atoms with Crippen molar-refractivity contribution in [2.24, 2.45) is 0 Å². The molecule has 0 aliphatic heterocycles. The lowest BCUT2D eigenvalue weighted by molar-refractivity contribution is 0.391. The molecule has 1 aliphatic carbocycles. The van der Waals surface area contributed by atoms with Crippen molar-refractivity contribution >= 4 is 0 Å². The van der Waals surface area contributed by atoms with E-state index in [1.807, 2.05) is 102 Å². The molecular weight excluding hydrogens is 1230 g/mol. The molecule has 4 aromatic carbocycles. The van der Waals surface area contributed by atoms with E-state index in [9.17, 15) is 17.6 Å². The van der Waals surface area contributed by atoms with Crippen LogP contribution in [0.15, 0.2) is 234 Å². The van der Waals surface area contributed by atoms with Crippen molar-refractivity contribution in [1.82, 2.24) is 100 Å². The first-order chi connectivity index (χ1) is 47.1. The lowest BCUT2D eigenvalue weighted by Gasteiger charge is -2.26. The van der Waals surface area contributed by atoms with E-state index >= 15 is 0 Å². The lowest BCUT2D eigenvalue weighted by Crippen LogP contribution is -2.16. The summed E-state index contributed by atoms with van der Waals surface area (Å²) in [7, 11) is 0. The highest BCUT2D eigenvalue weighted by Gasteiger charge is 2.26. The van der Waals surface area contributed by atoms with Gasteiger partial charge >= 0.3 is 0 Å². The SMILES string of the molecule is Cc1nnc(-c2cc(-c3ccccn3)nn2Cc2ccccc2F)o1.Fc1ccccc1Cn1nc(-c2ccccn2)cc1-c1nn[nH]n1.Fc1ccccc1Cn1nc(-c2ccccn2)cc1-c1nnco1.Fc1ccccc1Cn1nc(-c2ccccn2)cc1C1CCC1. The van der Waals surface area contributed by atoms with E-state index < -0.39 is 0 Å². The summed E-state index contributed by atoms with van der Waals surface area (Å²) in [5.74, 6) is 0.993. The number of nitrogens with zero attached hydrogens (tertiary/aromatic N) is 19. The van der Waals surface area contributed by atoms with Gasteiger partial charge in [-0.15, -0.1) is 30.6 Å². The van der Waals surface area contributed by atoms with Gasteiger partial charge in [0.25, 0.3) is 11.8 Å². The molecule has 16 rings (SSSR count). The number of hydrogen-bond acceptors (Lipinski definition) is 17. The molecule has 22 nitrogen and oxygen atoms in total. The highest BCUT2D eigenvalue weighted by molar-refractivity contribution is 5.64.